The summed E-state index contributed by atoms with van der Waals surface area (Å²) >= 11 is 1.98. The van der Waals surface area contributed by atoms with Crippen LogP contribution in [0.5, 0.6) is 0 Å². The van der Waals surface area contributed by atoms with Gasteiger partial charge in [0.15, 0.2) is 0 Å². The monoisotopic (exact) mass is 264 g/mol. The Balaban J connectivity index is 1.93. The van der Waals surface area contributed by atoms with E-state index >= 15 is 0 Å². The van der Waals surface area contributed by atoms with Crippen LogP contribution in [-0.2, 0) is 11.3 Å². The smallest absolute Gasteiger partial charge is 0.216 e. The molecule has 1 saturated heterocycles. The van der Waals surface area contributed by atoms with Crippen molar-refractivity contribution in [1.29, 1.82) is 0 Å². The number of thioether (sulfide) groups is 1. The lowest BCUT2D eigenvalue weighted by atomic mass is 10.1. The number of nitrogens with one attached hydrogen (secondary N) is 1. The molecule has 0 spiro atoms. The summed E-state index contributed by atoms with van der Waals surface area (Å²) in [5.74, 6) is 2.35. The molecule has 1 aliphatic heterocycles. The molecule has 0 radical (unpaired) electrons. The van der Waals surface area contributed by atoms with Gasteiger partial charge in [0.2, 0.25) is 5.91 Å². The maximum atomic E-state index is 11.0. The van der Waals surface area contributed by atoms with E-state index < -0.39 is 0 Å². The van der Waals surface area contributed by atoms with Crippen molar-refractivity contribution >= 4 is 17.7 Å². The molecule has 98 valence electrons. The normalized spacial score (nSPS) is 20.6. The van der Waals surface area contributed by atoms with E-state index in [2.05, 4.69) is 34.5 Å². The Hall–Kier alpha value is -1.00. The number of carbonyl (C=O) groups is 1. The van der Waals surface area contributed by atoms with Gasteiger partial charge < -0.3 is 5.32 Å². The molecule has 1 aliphatic rings. The number of hydrogen-bond acceptors (Lipinski definition) is 3. The van der Waals surface area contributed by atoms with E-state index in [1.54, 1.807) is 6.92 Å². The van der Waals surface area contributed by atoms with Gasteiger partial charge in [-0.15, -0.1) is 0 Å². The molecular weight excluding hydrogens is 244 g/mol. The zero-order valence-electron chi connectivity index (χ0n) is 10.8. The molecular formula is C14H20N2OS. The largest absolute Gasteiger partial charge is 0.355 e. The maximum Gasteiger partial charge on any atom is 0.216 e. The molecule has 1 aromatic rings. The van der Waals surface area contributed by atoms with E-state index in [1.165, 1.54) is 11.3 Å². The fourth-order valence-corrected chi connectivity index (χ4v) is 3.30. The highest BCUT2D eigenvalue weighted by atomic mass is 32.2. The van der Waals surface area contributed by atoms with Gasteiger partial charge in [-0.1, -0.05) is 30.3 Å². The van der Waals surface area contributed by atoms with Gasteiger partial charge in [-0.3, -0.25) is 9.69 Å². The van der Waals surface area contributed by atoms with E-state index in [9.17, 15) is 4.79 Å². The summed E-state index contributed by atoms with van der Waals surface area (Å²) in [7, 11) is 0. The molecule has 0 aliphatic carbocycles. The van der Waals surface area contributed by atoms with Crippen molar-refractivity contribution in [3.05, 3.63) is 35.9 Å². The van der Waals surface area contributed by atoms with Gasteiger partial charge in [0.1, 0.15) is 0 Å². The first-order chi connectivity index (χ1) is 8.75. The lowest BCUT2D eigenvalue weighted by Gasteiger charge is -2.35. The molecule has 1 heterocycles. The number of hydrogen-bond donors (Lipinski definition) is 1. The van der Waals surface area contributed by atoms with E-state index in [0.717, 1.165) is 25.4 Å². The molecule has 1 fully saturated rings. The summed E-state index contributed by atoms with van der Waals surface area (Å²) in [5.41, 5.74) is 1.34. The first-order valence-electron chi connectivity index (χ1n) is 6.36. The zero-order chi connectivity index (χ0) is 12.8. The van der Waals surface area contributed by atoms with Gasteiger partial charge in [-0.05, 0) is 5.56 Å². The summed E-state index contributed by atoms with van der Waals surface area (Å²) in [5, 5.41) is 2.94. The van der Waals surface area contributed by atoms with Crippen LogP contribution in [0.25, 0.3) is 0 Å². The van der Waals surface area contributed by atoms with Crippen LogP contribution in [0.4, 0.5) is 0 Å². The molecule has 1 atom stereocenters. The molecule has 0 saturated carbocycles. The number of amides is 1. The maximum absolute atomic E-state index is 11.0. The van der Waals surface area contributed by atoms with Crippen LogP contribution < -0.4 is 5.32 Å². The number of rotatable bonds is 4. The molecule has 3 nitrogen and oxygen atoms in total. The summed E-state index contributed by atoms with van der Waals surface area (Å²) in [6, 6.07) is 11.0. The number of nitrogens with zero attached hydrogens (tertiary/aromatic N) is 1. The van der Waals surface area contributed by atoms with Gasteiger partial charge in [-0.2, -0.15) is 11.8 Å². The molecule has 2 rings (SSSR count). The van der Waals surface area contributed by atoms with Gasteiger partial charge >= 0.3 is 0 Å². The highest BCUT2D eigenvalue weighted by Gasteiger charge is 2.22. The van der Waals surface area contributed by atoms with Crippen LogP contribution in [-0.4, -0.2) is 41.4 Å². The van der Waals surface area contributed by atoms with E-state index in [4.69, 9.17) is 0 Å². The van der Waals surface area contributed by atoms with Crippen molar-refractivity contribution in [3.63, 3.8) is 0 Å². The minimum absolute atomic E-state index is 0.0604. The third-order valence-corrected chi connectivity index (χ3v) is 4.26. The van der Waals surface area contributed by atoms with Gasteiger partial charge in [0, 0.05) is 44.1 Å². The minimum Gasteiger partial charge on any atom is -0.355 e. The molecule has 1 amide bonds. The molecule has 1 aromatic carbocycles. The van der Waals surface area contributed by atoms with Crippen molar-refractivity contribution in [1.82, 2.24) is 10.2 Å². The third kappa shape index (κ3) is 4.03. The highest BCUT2D eigenvalue weighted by molar-refractivity contribution is 7.99. The average Bonchev–Trinajstić information content (AvgIpc) is 2.39. The van der Waals surface area contributed by atoms with Crippen LogP contribution in [0.3, 0.4) is 0 Å². The Morgan fingerprint density at radius 1 is 1.44 bits per heavy atom. The van der Waals surface area contributed by atoms with Gasteiger partial charge in [0.25, 0.3) is 0 Å². The van der Waals surface area contributed by atoms with Crippen molar-refractivity contribution < 1.29 is 4.79 Å². The lowest BCUT2D eigenvalue weighted by molar-refractivity contribution is -0.119. The fraction of sp³-hybridized carbons (Fsp3) is 0.500. The molecule has 18 heavy (non-hydrogen) atoms. The Labute approximate surface area is 113 Å². The van der Waals surface area contributed by atoms with E-state index in [1.807, 2.05) is 17.8 Å². The average molecular weight is 264 g/mol. The van der Waals surface area contributed by atoms with Gasteiger partial charge in [0.05, 0.1) is 0 Å². The number of carbonyl (C=O) groups excluding carboxylic acids is 1. The fourth-order valence-electron chi connectivity index (χ4n) is 2.16. The summed E-state index contributed by atoms with van der Waals surface area (Å²) in [6.45, 7) is 4.42. The second kappa shape index (κ2) is 6.81. The third-order valence-electron chi connectivity index (χ3n) is 3.16. The molecule has 0 bridgehead atoms. The van der Waals surface area contributed by atoms with Crippen molar-refractivity contribution in [2.24, 2.45) is 0 Å². The molecule has 1 unspecified atom stereocenters. The summed E-state index contributed by atoms with van der Waals surface area (Å²) in [6.07, 6.45) is 0. The first kappa shape index (κ1) is 13.4. The molecule has 1 N–H and O–H groups in total. The molecule has 0 aromatic heterocycles. The van der Waals surface area contributed by atoms with Crippen LogP contribution in [0.2, 0.25) is 0 Å². The second-order valence-corrected chi connectivity index (χ2v) is 5.77. The van der Waals surface area contributed by atoms with Gasteiger partial charge in [-0.25, -0.2) is 0 Å². The standard InChI is InChI=1S/C14H20N2OS/c1-12(17)15-9-14-11-18-8-7-16(14)10-13-5-3-2-4-6-13/h2-6,14H,7-11H2,1H3,(H,15,17). The summed E-state index contributed by atoms with van der Waals surface area (Å²) in [4.78, 5) is 13.5. The predicted molar refractivity (Wildman–Crippen MR) is 76.6 cm³/mol. The van der Waals surface area contributed by atoms with Crippen molar-refractivity contribution in [2.75, 3.05) is 24.6 Å². The van der Waals surface area contributed by atoms with Crippen molar-refractivity contribution in [3.8, 4) is 0 Å². The highest BCUT2D eigenvalue weighted by Crippen LogP contribution is 2.18. The number of benzene rings is 1. The summed E-state index contributed by atoms with van der Waals surface area (Å²) < 4.78 is 0. The van der Waals surface area contributed by atoms with Crippen LogP contribution in [0.1, 0.15) is 12.5 Å². The molecule has 4 heteroatoms. The first-order valence-corrected chi connectivity index (χ1v) is 7.51. The van der Waals surface area contributed by atoms with E-state index in [0.29, 0.717) is 6.04 Å². The van der Waals surface area contributed by atoms with E-state index in [-0.39, 0.29) is 5.91 Å². The Bertz CT molecular complexity index is 383. The van der Waals surface area contributed by atoms with Crippen LogP contribution in [0.15, 0.2) is 30.3 Å². The Morgan fingerprint density at radius 2 is 2.22 bits per heavy atom. The lowest BCUT2D eigenvalue weighted by Crippen LogP contribution is -2.48. The minimum atomic E-state index is 0.0604. The van der Waals surface area contributed by atoms with Crippen LogP contribution in [0, 0.1) is 0 Å². The van der Waals surface area contributed by atoms with Crippen LogP contribution >= 0.6 is 11.8 Å². The topological polar surface area (TPSA) is 32.3 Å². The zero-order valence-corrected chi connectivity index (χ0v) is 11.6. The predicted octanol–water partition coefficient (Wildman–Crippen LogP) is 1.74. The quantitative estimate of drug-likeness (QED) is 0.899. The SMILES string of the molecule is CC(=O)NCC1CSCCN1Cc1ccccc1. The van der Waals surface area contributed by atoms with Crippen molar-refractivity contribution in [2.45, 2.75) is 19.5 Å². The second-order valence-electron chi connectivity index (χ2n) is 4.62. The Morgan fingerprint density at radius 3 is 2.94 bits per heavy atom. The Kier molecular flexibility index (Phi) is 5.08.